The molecule has 1 heterocycles. The molecular formula is C28H37N3O2. The third kappa shape index (κ3) is 6.31. The summed E-state index contributed by atoms with van der Waals surface area (Å²) in [7, 11) is 1.75. The van der Waals surface area contributed by atoms with Crippen LogP contribution in [0.4, 0.5) is 5.69 Å². The monoisotopic (exact) mass is 447 g/mol. The lowest BCUT2D eigenvalue weighted by Gasteiger charge is -2.23. The number of amides is 2. The number of aliphatic imine (C=N–C) groups is 1. The topological polar surface area (TPSA) is 61.8 Å². The first-order valence-electron chi connectivity index (χ1n) is 12.4. The third-order valence-corrected chi connectivity index (χ3v) is 6.35. The Kier molecular flexibility index (Phi) is 9.23. The van der Waals surface area contributed by atoms with Crippen molar-refractivity contribution in [2.24, 2.45) is 10.9 Å². The molecule has 3 rings (SSSR count). The van der Waals surface area contributed by atoms with E-state index >= 15 is 0 Å². The smallest absolute Gasteiger partial charge is 0.272 e. The van der Waals surface area contributed by atoms with E-state index in [-0.39, 0.29) is 17.7 Å². The van der Waals surface area contributed by atoms with E-state index in [1.165, 1.54) is 12.8 Å². The summed E-state index contributed by atoms with van der Waals surface area (Å²) in [5, 5.41) is 3.01. The highest BCUT2D eigenvalue weighted by Crippen LogP contribution is 2.27. The first-order chi connectivity index (χ1) is 16.1. The van der Waals surface area contributed by atoms with Gasteiger partial charge in [-0.05, 0) is 18.9 Å². The number of rotatable bonds is 11. The summed E-state index contributed by atoms with van der Waals surface area (Å²) in [5.41, 5.74) is 3.33. The third-order valence-electron chi connectivity index (χ3n) is 6.35. The molecule has 1 N–H and O–H groups in total. The fraction of sp³-hybridized carbons (Fsp3) is 0.464. The van der Waals surface area contributed by atoms with Gasteiger partial charge in [0, 0.05) is 24.1 Å². The van der Waals surface area contributed by atoms with Crippen LogP contribution < -0.4 is 10.2 Å². The van der Waals surface area contributed by atoms with E-state index in [1.807, 2.05) is 54.6 Å². The molecule has 0 aliphatic carbocycles. The highest BCUT2D eigenvalue weighted by molar-refractivity contribution is 6.20. The van der Waals surface area contributed by atoms with Gasteiger partial charge >= 0.3 is 0 Å². The van der Waals surface area contributed by atoms with E-state index in [4.69, 9.17) is 4.99 Å². The molecule has 2 amide bonds. The SMILES string of the molecule is CCCCCCC(CCCC)C(=O)N[C@@H]1N=C(c2ccccc2)c2ccccc2N(C)C1=O. The molecule has 0 saturated carbocycles. The molecule has 5 nitrogen and oxygen atoms in total. The average Bonchev–Trinajstić information content (AvgIpc) is 2.95. The molecule has 2 atom stereocenters. The molecule has 1 unspecified atom stereocenters. The Bertz CT molecular complexity index is 955. The predicted octanol–water partition coefficient (Wildman–Crippen LogP) is 5.72. The summed E-state index contributed by atoms with van der Waals surface area (Å²) in [4.78, 5) is 33.1. The molecule has 2 aromatic rings. The number of carbonyl (C=O) groups excluding carboxylic acids is 2. The quantitative estimate of drug-likeness (QED) is 0.448. The van der Waals surface area contributed by atoms with Gasteiger partial charge < -0.3 is 10.2 Å². The minimum Gasteiger partial charge on any atom is -0.326 e. The van der Waals surface area contributed by atoms with Crippen molar-refractivity contribution in [1.82, 2.24) is 5.32 Å². The van der Waals surface area contributed by atoms with Gasteiger partial charge in [-0.2, -0.15) is 0 Å². The van der Waals surface area contributed by atoms with Crippen molar-refractivity contribution in [3.8, 4) is 0 Å². The Balaban J connectivity index is 1.89. The lowest BCUT2D eigenvalue weighted by atomic mass is 9.94. The van der Waals surface area contributed by atoms with Gasteiger partial charge in [-0.15, -0.1) is 0 Å². The molecular weight excluding hydrogens is 410 g/mol. The van der Waals surface area contributed by atoms with Gasteiger partial charge in [0.1, 0.15) is 0 Å². The van der Waals surface area contributed by atoms with E-state index in [0.717, 1.165) is 61.1 Å². The standard InChI is InChI=1S/C28H37N3O2/c1-4-6-8-10-18-22(15-7-5-2)27(32)30-26-28(33)31(3)24-20-14-13-19-23(24)25(29-26)21-16-11-9-12-17-21/h9,11-14,16-17,19-20,22,26H,4-8,10,15,18H2,1-3H3,(H,30,32)/t22?,26-/m0/s1. The Morgan fingerprint density at radius 3 is 2.33 bits per heavy atom. The van der Waals surface area contributed by atoms with Gasteiger partial charge in [-0.25, -0.2) is 4.99 Å². The lowest BCUT2D eigenvalue weighted by Crippen LogP contribution is -2.47. The van der Waals surface area contributed by atoms with E-state index in [2.05, 4.69) is 19.2 Å². The van der Waals surface area contributed by atoms with Gasteiger partial charge in [-0.1, -0.05) is 101 Å². The zero-order chi connectivity index (χ0) is 23.6. The summed E-state index contributed by atoms with van der Waals surface area (Å²) in [6.45, 7) is 4.33. The van der Waals surface area contributed by atoms with Crippen molar-refractivity contribution in [3.05, 3.63) is 65.7 Å². The highest BCUT2D eigenvalue weighted by atomic mass is 16.2. The Labute approximate surface area is 198 Å². The number of nitrogens with one attached hydrogen (secondary N) is 1. The van der Waals surface area contributed by atoms with Crippen LogP contribution in [0.3, 0.4) is 0 Å². The summed E-state index contributed by atoms with van der Waals surface area (Å²) in [6.07, 6.45) is 7.37. The zero-order valence-electron chi connectivity index (χ0n) is 20.2. The Morgan fingerprint density at radius 2 is 1.61 bits per heavy atom. The number of benzodiazepines with no additional fused rings is 1. The van der Waals surface area contributed by atoms with Gasteiger partial charge in [0.25, 0.3) is 5.91 Å². The Hall–Kier alpha value is -2.95. The number of hydrogen-bond acceptors (Lipinski definition) is 3. The maximum atomic E-state index is 13.4. The lowest BCUT2D eigenvalue weighted by molar-refractivity contribution is -0.130. The second kappa shape index (κ2) is 12.3. The molecule has 2 aromatic carbocycles. The molecule has 0 radical (unpaired) electrons. The van der Waals surface area contributed by atoms with Gasteiger partial charge in [0.15, 0.2) is 0 Å². The number of hydrogen-bond donors (Lipinski definition) is 1. The molecule has 1 aliphatic heterocycles. The summed E-state index contributed by atoms with van der Waals surface area (Å²) in [5.74, 6) is -0.364. The molecule has 0 bridgehead atoms. The number of anilines is 1. The number of unbranched alkanes of at least 4 members (excludes halogenated alkanes) is 4. The normalized spacial score (nSPS) is 16.6. The number of nitrogens with zero attached hydrogens (tertiary/aromatic N) is 2. The first kappa shape index (κ1) is 24.7. The molecule has 0 fully saturated rings. The van der Waals surface area contributed by atoms with Crippen LogP contribution in [-0.4, -0.2) is 30.7 Å². The van der Waals surface area contributed by atoms with E-state index in [0.29, 0.717) is 0 Å². The van der Waals surface area contributed by atoms with Crippen LogP contribution >= 0.6 is 0 Å². The molecule has 0 spiro atoms. The minimum atomic E-state index is -0.940. The van der Waals surface area contributed by atoms with Crippen molar-refractivity contribution in [3.63, 3.8) is 0 Å². The maximum absolute atomic E-state index is 13.4. The number of benzene rings is 2. The molecule has 0 saturated heterocycles. The number of carbonyl (C=O) groups is 2. The van der Waals surface area contributed by atoms with Crippen LogP contribution in [0.15, 0.2) is 59.6 Å². The zero-order valence-corrected chi connectivity index (χ0v) is 20.2. The van der Waals surface area contributed by atoms with Crippen LogP contribution in [0.2, 0.25) is 0 Å². The van der Waals surface area contributed by atoms with Crippen molar-refractivity contribution in [2.75, 3.05) is 11.9 Å². The van der Waals surface area contributed by atoms with Crippen LogP contribution in [0, 0.1) is 5.92 Å². The molecule has 33 heavy (non-hydrogen) atoms. The van der Waals surface area contributed by atoms with E-state index in [9.17, 15) is 9.59 Å². The number of fused-ring (bicyclic) bond motifs is 1. The molecule has 0 aromatic heterocycles. The molecule has 1 aliphatic rings. The maximum Gasteiger partial charge on any atom is 0.272 e. The van der Waals surface area contributed by atoms with E-state index < -0.39 is 6.17 Å². The second-order valence-electron chi connectivity index (χ2n) is 8.86. The number of para-hydroxylation sites is 1. The van der Waals surface area contributed by atoms with Crippen molar-refractivity contribution >= 4 is 23.2 Å². The molecule has 5 heteroatoms. The Morgan fingerprint density at radius 1 is 0.939 bits per heavy atom. The summed E-state index contributed by atoms with van der Waals surface area (Å²) < 4.78 is 0. The highest BCUT2D eigenvalue weighted by Gasteiger charge is 2.32. The van der Waals surface area contributed by atoms with Crippen molar-refractivity contribution in [2.45, 2.75) is 71.4 Å². The van der Waals surface area contributed by atoms with Crippen molar-refractivity contribution in [1.29, 1.82) is 0 Å². The largest absolute Gasteiger partial charge is 0.326 e. The summed E-state index contributed by atoms with van der Waals surface area (Å²) in [6, 6.07) is 17.6. The molecule has 176 valence electrons. The first-order valence-corrected chi connectivity index (χ1v) is 12.4. The van der Waals surface area contributed by atoms with Crippen LogP contribution in [0.5, 0.6) is 0 Å². The van der Waals surface area contributed by atoms with Crippen LogP contribution in [0.25, 0.3) is 0 Å². The minimum absolute atomic E-state index is 0.0613. The fourth-order valence-electron chi connectivity index (χ4n) is 4.37. The van der Waals surface area contributed by atoms with Crippen LogP contribution in [0.1, 0.15) is 76.3 Å². The van der Waals surface area contributed by atoms with Gasteiger partial charge in [0.2, 0.25) is 12.1 Å². The second-order valence-corrected chi connectivity index (χ2v) is 8.86. The van der Waals surface area contributed by atoms with Crippen molar-refractivity contribution < 1.29 is 9.59 Å². The average molecular weight is 448 g/mol. The predicted molar refractivity (Wildman–Crippen MR) is 136 cm³/mol. The van der Waals surface area contributed by atoms with Gasteiger partial charge in [0.05, 0.1) is 11.4 Å². The van der Waals surface area contributed by atoms with Crippen LogP contribution in [-0.2, 0) is 9.59 Å². The van der Waals surface area contributed by atoms with Gasteiger partial charge in [-0.3, -0.25) is 9.59 Å². The summed E-state index contributed by atoms with van der Waals surface area (Å²) >= 11 is 0. The van der Waals surface area contributed by atoms with E-state index in [1.54, 1.807) is 11.9 Å². The fourth-order valence-corrected chi connectivity index (χ4v) is 4.37. The number of likely N-dealkylation sites (N-methyl/N-ethyl adjacent to an activating group) is 1.